The molecular formula is C17H30N2O. The molecular weight excluding hydrogens is 248 g/mol. The van der Waals surface area contributed by atoms with Gasteiger partial charge in [-0.15, -0.1) is 0 Å². The summed E-state index contributed by atoms with van der Waals surface area (Å²) in [6, 6.07) is 8.34. The molecule has 0 fully saturated rings. The Morgan fingerprint density at radius 2 is 2.10 bits per heavy atom. The van der Waals surface area contributed by atoms with Gasteiger partial charge in [0.05, 0.1) is 0 Å². The lowest BCUT2D eigenvalue weighted by molar-refractivity contribution is 0.217. The van der Waals surface area contributed by atoms with E-state index in [1.165, 1.54) is 12.0 Å². The van der Waals surface area contributed by atoms with Gasteiger partial charge >= 0.3 is 0 Å². The van der Waals surface area contributed by atoms with E-state index in [4.69, 9.17) is 4.74 Å². The van der Waals surface area contributed by atoms with Gasteiger partial charge in [0, 0.05) is 19.6 Å². The van der Waals surface area contributed by atoms with Crippen molar-refractivity contribution in [1.82, 2.24) is 10.2 Å². The molecule has 0 radical (unpaired) electrons. The molecule has 0 heterocycles. The minimum Gasteiger partial charge on any atom is -0.492 e. The molecule has 3 heteroatoms. The van der Waals surface area contributed by atoms with Crippen LogP contribution in [0.2, 0.25) is 0 Å². The Hall–Kier alpha value is -1.06. The summed E-state index contributed by atoms with van der Waals surface area (Å²) >= 11 is 0. The minimum atomic E-state index is 0.748. The monoisotopic (exact) mass is 278 g/mol. The molecule has 1 aromatic rings. The predicted molar refractivity (Wildman–Crippen MR) is 86.3 cm³/mol. The summed E-state index contributed by atoms with van der Waals surface area (Å²) < 4.78 is 5.84. The SMILES string of the molecule is CCNCc1cccc(OCCN(C)CC(C)CC)c1. The maximum Gasteiger partial charge on any atom is 0.119 e. The normalized spacial score (nSPS) is 12.7. The van der Waals surface area contributed by atoms with Crippen LogP contribution in [0.15, 0.2) is 24.3 Å². The van der Waals surface area contributed by atoms with Crippen molar-refractivity contribution in [3.8, 4) is 5.75 Å². The number of nitrogens with zero attached hydrogens (tertiary/aromatic N) is 1. The van der Waals surface area contributed by atoms with Gasteiger partial charge in [0.2, 0.25) is 0 Å². The lowest BCUT2D eigenvalue weighted by Gasteiger charge is -2.20. The molecule has 0 aliphatic carbocycles. The standard InChI is InChI=1S/C17H30N2O/c1-5-15(3)14-19(4)10-11-20-17-9-7-8-16(12-17)13-18-6-2/h7-9,12,15,18H,5-6,10-11,13-14H2,1-4H3. The van der Waals surface area contributed by atoms with Crippen LogP contribution in [0.3, 0.4) is 0 Å². The molecule has 3 nitrogen and oxygen atoms in total. The average molecular weight is 278 g/mol. The third kappa shape index (κ3) is 6.92. The van der Waals surface area contributed by atoms with Gasteiger partial charge in [-0.25, -0.2) is 0 Å². The second kappa shape index (κ2) is 9.78. The lowest BCUT2D eigenvalue weighted by atomic mass is 10.1. The highest BCUT2D eigenvalue weighted by molar-refractivity contribution is 5.28. The lowest BCUT2D eigenvalue weighted by Crippen LogP contribution is -2.28. The summed E-state index contributed by atoms with van der Waals surface area (Å²) in [6.45, 7) is 11.4. The van der Waals surface area contributed by atoms with Gasteiger partial charge in [-0.3, -0.25) is 0 Å². The van der Waals surface area contributed by atoms with Gasteiger partial charge in [-0.05, 0) is 37.2 Å². The molecule has 1 N–H and O–H groups in total. The molecule has 20 heavy (non-hydrogen) atoms. The van der Waals surface area contributed by atoms with Crippen LogP contribution in [0.25, 0.3) is 0 Å². The Morgan fingerprint density at radius 1 is 1.30 bits per heavy atom. The van der Waals surface area contributed by atoms with Gasteiger partial charge < -0.3 is 15.0 Å². The van der Waals surface area contributed by atoms with Crippen molar-refractivity contribution in [1.29, 1.82) is 0 Å². The van der Waals surface area contributed by atoms with Crippen LogP contribution >= 0.6 is 0 Å². The number of hydrogen-bond donors (Lipinski definition) is 1. The zero-order valence-electron chi connectivity index (χ0n) is 13.5. The number of rotatable bonds is 10. The second-order valence-electron chi connectivity index (χ2n) is 5.55. The second-order valence-corrected chi connectivity index (χ2v) is 5.55. The van der Waals surface area contributed by atoms with Gasteiger partial charge in [0.25, 0.3) is 0 Å². The molecule has 0 aliphatic heterocycles. The highest BCUT2D eigenvalue weighted by atomic mass is 16.5. The van der Waals surface area contributed by atoms with E-state index in [9.17, 15) is 0 Å². The van der Waals surface area contributed by atoms with Gasteiger partial charge in [0.15, 0.2) is 0 Å². The van der Waals surface area contributed by atoms with Crippen LogP contribution in [0.4, 0.5) is 0 Å². The van der Waals surface area contributed by atoms with Crippen molar-refractivity contribution >= 4 is 0 Å². The van der Waals surface area contributed by atoms with E-state index in [0.717, 1.165) is 44.5 Å². The first kappa shape index (κ1) is 17.0. The van der Waals surface area contributed by atoms with Crippen molar-refractivity contribution in [3.05, 3.63) is 29.8 Å². The molecule has 0 spiro atoms. The number of hydrogen-bond acceptors (Lipinski definition) is 3. The van der Waals surface area contributed by atoms with Crippen molar-refractivity contribution in [2.24, 2.45) is 5.92 Å². The highest BCUT2D eigenvalue weighted by Crippen LogP contribution is 2.13. The maximum atomic E-state index is 5.84. The third-order valence-electron chi connectivity index (χ3n) is 3.54. The smallest absolute Gasteiger partial charge is 0.119 e. The first-order chi connectivity index (χ1) is 9.65. The van der Waals surface area contributed by atoms with E-state index >= 15 is 0 Å². The zero-order valence-corrected chi connectivity index (χ0v) is 13.5. The van der Waals surface area contributed by atoms with Crippen LogP contribution in [0.5, 0.6) is 5.75 Å². The Balaban J connectivity index is 2.30. The molecule has 0 saturated carbocycles. The van der Waals surface area contributed by atoms with Crippen molar-refractivity contribution in [2.45, 2.75) is 33.7 Å². The summed E-state index contributed by atoms with van der Waals surface area (Å²) in [5.41, 5.74) is 1.28. The molecule has 0 amide bonds. The molecule has 1 rings (SSSR count). The quantitative estimate of drug-likeness (QED) is 0.711. The number of ether oxygens (including phenoxy) is 1. The molecule has 1 aromatic carbocycles. The van der Waals surface area contributed by atoms with Crippen LogP contribution in [-0.4, -0.2) is 38.2 Å². The fraction of sp³-hybridized carbons (Fsp3) is 0.647. The minimum absolute atomic E-state index is 0.748. The summed E-state index contributed by atoms with van der Waals surface area (Å²) in [5.74, 6) is 1.72. The topological polar surface area (TPSA) is 24.5 Å². The summed E-state index contributed by atoms with van der Waals surface area (Å²) in [7, 11) is 2.16. The van der Waals surface area contributed by atoms with Crippen molar-refractivity contribution in [3.63, 3.8) is 0 Å². The van der Waals surface area contributed by atoms with E-state index in [-0.39, 0.29) is 0 Å². The van der Waals surface area contributed by atoms with Crippen LogP contribution < -0.4 is 10.1 Å². The largest absolute Gasteiger partial charge is 0.492 e. The molecule has 1 unspecified atom stereocenters. The maximum absolute atomic E-state index is 5.84. The van der Waals surface area contributed by atoms with E-state index in [2.05, 4.69) is 56.2 Å². The number of likely N-dealkylation sites (N-methyl/N-ethyl adjacent to an activating group) is 1. The molecule has 0 bridgehead atoms. The summed E-state index contributed by atoms with van der Waals surface area (Å²) in [5, 5.41) is 3.33. The summed E-state index contributed by atoms with van der Waals surface area (Å²) in [6.07, 6.45) is 1.23. The Morgan fingerprint density at radius 3 is 2.80 bits per heavy atom. The van der Waals surface area contributed by atoms with Crippen molar-refractivity contribution < 1.29 is 4.74 Å². The van der Waals surface area contributed by atoms with Gasteiger partial charge in [-0.1, -0.05) is 39.3 Å². The molecule has 0 saturated heterocycles. The van der Waals surface area contributed by atoms with E-state index in [0.29, 0.717) is 0 Å². The predicted octanol–water partition coefficient (Wildman–Crippen LogP) is 3.15. The first-order valence-electron chi connectivity index (χ1n) is 7.76. The van der Waals surface area contributed by atoms with Gasteiger partial charge in [-0.2, -0.15) is 0 Å². The molecule has 0 aromatic heterocycles. The van der Waals surface area contributed by atoms with E-state index in [1.807, 2.05) is 6.07 Å². The van der Waals surface area contributed by atoms with Crippen LogP contribution in [-0.2, 0) is 6.54 Å². The summed E-state index contributed by atoms with van der Waals surface area (Å²) in [4.78, 5) is 2.34. The number of benzene rings is 1. The molecule has 0 aliphatic rings. The third-order valence-corrected chi connectivity index (χ3v) is 3.54. The zero-order chi connectivity index (χ0) is 14.8. The first-order valence-corrected chi connectivity index (χ1v) is 7.76. The van der Waals surface area contributed by atoms with Crippen LogP contribution in [0.1, 0.15) is 32.8 Å². The van der Waals surface area contributed by atoms with E-state index in [1.54, 1.807) is 0 Å². The average Bonchev–Trinajstić information content (AvgIpc) is 2.45. The Bertz CT molecular complexity index is 368. The Labute approximate surface area is 124 Å². The van der Waals surface area contributed by atoms with E-state index < -0.39 is 0 Å². The fourth-order valence-electron chi connectivity index (χ4n) is 2.09. The van der Waals surface area contributed by atoms with Crippen LogP contribution in [0, 0.1) is 5.92 Å². The Kier molecular flexibility index (Phi) is 8.31. The highest BCUT2D eigenvalue weighted by Gasteiger charge is 2.04. The number of nitrogens with one attached hydrogen (secondary N) is 1. The molecule has 114 valence electrons. The molecule has 1 atom stereocenters. The van der Waals surface area contributed by atoms with Gasteiger partial charge in [0.1, 0.15) is 12.4 Å². The van der Waals surface area contributed by atoms with Crippen molar-refractivity contribution in [2.75, 3.05) is 33.3 Å². The fourth-order valence-corrected chi connectivity index (χ4v) is 2.09.